The van der Waals surface area contributed by atoms with Gasteiger partial charge in [0.15, 0.2) is 0 Å². The summed E-state index contributed by atoms with van der Waals surface area (Å²) in [7, 11) is 0. The predicted molar refractivity (Wildman–Crippen MR) is 91.4 cm³/mol. The van der Waals surface area contributed by atoms with E-state index in [-0.39, 0.29) is 0 Å². The highest BCUT2D eigenvalue weighted by atomic mass is 32.1. The van der Waals surface area contributed by atoms with Crippen LogP contribution in [0.5, 0.6) is 0 Å². The van der Waals surface area contributed by atoms with E-state index >= 15 is 0 Å². The molecule has 0 aliphatic rings. The molecule has 0 aliphatic carbocycles. The Labute approximate surface area is 131 Å². The third kappa shape index (κ3) is 4.17. The van der Waals surface area contributed by atoms with E-state index in [9.17, 15) is 0 Å². The standard InChI is InChI=1S/C16H24N4S/c1-5-17-15-14(11(2)3)16(19-10-18-15)20-12(4)9-13-7-6-8-21-13/h6-8,10-12H,5,9H2,1-4H3,(H2,17,18,19,20). The molecular formula is C16H24N4S. The van der Waals surface area contributed by atoms with Gasteiger partial charge in [0.2, 0.25) is 0 Å². The summed E-state index contributed by atoms with van der Waals surface area (Å²) in [6, 6.07) is 4.61. The Morgan fingerprint density at radius 2 is 1.95 bits per heavy atom. The van der Waals surface area contributed by atoms with Gasteiger partial charge in [0.05, 0.1) is 0 Å². The zero-order valence-corrected chi connectivity index (χ0v) is 14.0. The molecule has 0 saturated carbocycles. The summed E-state index contributed by atoms with van der Waals surface area (Å²) in [6.07, 6.45) is 2.64. The van der Waals surface area contributed by atoms with Crippen molar-refractivity contribution in [3.63, 3.8) is 0 Å². The van der Waals surface area contributed by atoms with Gasteiger partial charge in [-0.25, -0.2) is 9.97 Å². The lowest BCUT2D eigenvalue weighted by Crippen LogP contribution is -2.20. The molecule has 2 heterocycles. The Bertz CT molecular complexity index is 551. The van der Waals surface area contributed by atoms with Gasteiger partial charge < -0.3 is 10.6 Å². The topological polar surface area (TPSA) is 49.8 Å². The first-order chi connectivity index (χ1) is 10.1. The Hall–Kier alpha value is -1.62. The van der Waals surface area contributed by atoms with Crippen LogP contribution in [-0.2, 0) is 6.42 Å². The second kappa shape index (κ2) is 7.41. The summed E-state index contributed by atoms with van der Waals surface area (Å²) in [6.45, 7) is 9.49. The molecule has 0 aliphatic heterocycles. The average molecular weight is 304 g/mol. The molecule has 5 heteroatoms. The first-order valence-electron chi connectivity index (χ1n) is 7.49. The highest BCUT2D eigenvalue weighted by Crippen LogP contribution is 2.29. The van der Waals surface area contributed by atoms with Gasteiger partial charge in [0, 0.05) is 29.4 Å². The van der Waals surface area contributed by atoms with Crippen LogP contribution in [0, 0.1) is 0 Å². The van der Waals surface area contributed by atoms with Crippen molar-refractivity contribution in [3.8, 4) is 0 Å². The van der Waals surface area contributed by atoms with Crippen molar-refractivity contribution in [1.29, 1.82) is 0 Å². The van der Waals surface area contributed by atoms with E-state index in [0.717, 1.165) is 30.2 Å². The molecule has 0 saturated heterocycles. The summed E-state index contributed by atoms with van der Waals surface area (Å²) in [4.78, 5) is 10.2. The second-order valence-electron chi connectivity index (χ2n) is 5.50. The van der Waals surface area contributed by atoms with E-state index in [1.807, 2.05) is 0 Å². The van der Waals surface area contributed by atoms with E-state index in [2.05, 4.69) is 65.8 Å². The minimum absolute atomic E-state index is 0.338. The van der Waals surface area contributed by atoms with Crippen LogP contribution in [0.4, 0.5) is 11.6 Å². The van der Waals surface area contributed by atoms with Crippen molar-refractivity contribution in [1.82, 2.24) is 9.97 Å². The Morgan fingerprint density at radius 1 is 1.19 bits per heavy atom. The predicted octanol–water partition coefficient (Wildman–Crippen LogP) is 4.14. The summed E-state index contributed by atoms with van der Waals surface area (Å²) in [5.41, 5.74) is 1.16. The largest absolute Gasteiger partial charge is 0.370 e. The van der Waals surface area contributed by atoms with Crippen LogP contribution in [-0.4, -0.2) is 22.6 Å². The molecule has 114 valence electrons. The van der Waals surface area contributed by atoms with Crippen molar-refractivity contribution in [2.45, 2.75) is 46.1 Å². The molecular weight excluding hydrogens is 280 g/mol. The van der Waals surface area contributed by atoms with Gasteiger partial charge in [0.25, 0.3) is 0 Å². The lowest BCUT2D eigenvalue weighted by molar-refractivity contribution is 0.777. The number of thiophene rings is 1. The number of anilines is 2. The van der Waals surface area contributed by atoms with Crippen LogP contribution in [0.25, 0.3) is 0 Å². The fraction of sp³-hybridized carbons (Fsp3) is 0.500. The average Bonchev–Trinajstić information content (AvgIpc) is 2.91. The monoisotopic (exact) mass is 304 g/mol. The lowest BCUT2D eigenvalue weighted by Gasteiger charge is -2.20. The van der Waals surface area contributed by atoms with Crippen LogP contribution in [0.3, 0.4) is 0 Å². The molecule has 2 aromatic heterocycles. The van der Waals surface area contributed by atoms with Crippen LogP contribution in [0.15, 0.2) is 23.8 Å². The molecule has 0 aromatic carbocycles. The van der Waals surface area contributed by atoms with Gasteiger partial charge in [-0.1, -0.05) is 19.9 Å². The van der Waals surface area contributed by atoms with Crippen molar-refractivity contribution >= 4 is 23.0 Å². The molecule has 0 amide bonds. The first-order valence-corrected chi connectivity index (χ1v) is 8.37. The number of hydrogen-bond acceptors (Lipinski definition) is 5. The molecule has 1 unspecified atom stereocenters. The van der Waals surface area contributed by atoms with Crippen LogP contribution >= 0.6 is 11.3 Å². The highest BCUT2D eigenvalue weighted by Gasteiger charge is 2.16. The molecule has 1 atom stereocenters. The number of aromatic nitrogens is 2. The first kappa shape index (κ1) is 15.8. The zero-order chi connectivity index (χ0) is 15.2. The van der Waals surface area contributed by atoms with Gasteiger partial charge in [-0.15, -0.1) is 11.3 Å². The van der Waals surface area contributed by atoms with Crippen molar-refractivity contribution in [3.05, 3.63) is 34.3 Å². The third-order valence-electron chi connectivity index (χ3n) is 3.28. The van der Waals surface area contributed by atoms with Crippen molar-refractivity contribution in [2.24, 2.45) is 0 Å². The van der Waals surface area contributed by atoms with Gasteiger partial charge in [-0.3, -0.25) is 0 Å². The third-order valence-corrected chi connectivity index (χ3v) is 4.17. The SMILES string of the molecule is CCNc1ncnc(NC(C)Cc2cccs2)c1C(C)C. The van der Waals surface area contributed by atoms with Crippen LogP contribution in [0.2, 0.25) is 0 Å². The second-order valence-corrected chi connectivity index (χ2v) is 6.53. The van der Waals surface area contributed by atoms with Crippen LogP contribution < -0.4 is 10.6 Å². The van der Waals surface area contributed by atoms with Crippen molar-refractivity contribution in [2.75, 3.05) is 17.2 Å². The molecule has 0 spiro atoms. The maximum absolute atomic E-state index is 4.45. The van der Waals surface area contributed by atoms with E-state index < -0.39 is 0 Å². The molecule has 2 rings (SSSR count). The smallest absolute Gasteiger partial charge is 0.135 e. The van der Waals surface area contributed by atoms with Gasteiger partial charge in [-0.05, 0) is 31.2 Å². The maximum atomic E-state index is 4.45. The molecule has 4 nitrogen and oxygen atoms in total. The van der Waals surface area contributed by atoms with Gasteiger partial charge in [-0.2, -0.15) is 0 Å². The lowest BCUT2D eigenvalue weighted by atomic mass is 10.0. The minimum Gasteiger partial charge on any atom is -0.370 e. The minimum atomic E-state index is 0.338. The summed E-state index contributed by atoms with van der Waals surface area (Å²) < 4.78 is 0. The summed E-state index contributed by atoms with van der Waals surface area (Å²) >= 11 is 1.80. The Morgan fingerprint density at radius 3 is 2.57 bits per heavy atom. The van der Waals surface area contributed by atoms with E-state index in [1.54, 1.807) is 17.7 Å². The molecule has 2 aromatic rings. The van der Waals surface area contributed by atoms with E-state index in [4.69, 9.17) is 0 Å². The molecule has 2 N–H and O–H groups in total. The fourth-order valence-corrected chi connectivity index (χ4v) is 3.22. The fourth-order valence-electron chi connectivity index (χ4n) is 2.38. The van der Waals surface area contributed by atoms with Crippen LogP contribution in [0.1, 0.15) is 44.1 Å². The van der Waals surface area contributed by atoms with Gasteiger partial charge >= 0.3 is 0 Å². The molecule has 21 heavy (non-hydrogen) atoms. The van der Waals surface area contributed by atoms with Crippen molar-refractivity contribution < 1.29 is 0 Å². The quantitative estimate of drug-likeness (QED) is 0.807. The molecule has 0 bridgehead atoms. The number of nitrogens with one attached hydrogen (secondary N) is 2. The summed E-state index contributed by atoms with van der Waals surface area (Å²) in [5, 5.41) is 8.99. The Balaban J connectivity index is 2.16. The summed E-state index contributed by atoms with van der Waals surface area (Å²) in [5.74, 6) is 2.25. The number of hydrogen-bond donors (Lipinski definition) is 2. The number of nitrogens with zero attached hydrogens (tertiary/aromatic N) is 2. The Kier molecular flexibility index (Phi) is 5.56. The molecule has 0 radical (unpaired) electrons. The van der Waals surface area contributed by atoms with Gasteiger partial charge in [0.1, 0.15) is 18.0 Å². The molecule has 0 fully saturated rings. The normalized spacial score (nSPS) is 12.4. The zero-order valence-electron chi connectivity index (χ0n) is 13.2. The van der Waals surface area contributed by atoms with E-state index in [1.165, 1.54) is 4.88 Å². The highest BCUT2D eigenvalue weighted by molar-refractivity contribution is 7.09. The van der Waals surface area contributed by atoms with E-state index in [0.29, 0.717) is 12.0 Å². The number of rotatable bonds is 7. The maximum Gasteiger partial charge on any atom is 0.135 e.